The fourth-order valence-electron chi connectivity index (χ4n) is 3.93. The number of rotatable bonds is 5. The number of nitrogens with zero attached hydrogens (tertiary/aromatic N) is 3. The lowest BCUT2D eigenvalue weighted by Crippen LogP contribution is -2.23. The van der Waals surface area contributed by atoms with Crippen molar-refractivity contribution < 1.29 is 13.5 Å². The third-order valence-electron chi connectivity index (χ3n) is 6.00. The molecule has 1 saturated heterocycles. The second-order valence-corrected chi connectivity index (χ2v) is 8.98. The Morgan fingerprint density at radius 3 is 2.25 bits per heavy atom. The Hall–Kier alpha value is -2.67. The van der Waals surface area contributed by atoms with Crippen molar-refractivity contribution in [2.75, 3.05) is 31.4 Å². The van der Waals surface area contributed by atoms with Crippen molar-refractivity contribution in [2.45, 2.75) is 24.7 Å². The van der Waals surface area contributed by atoms with Gasteiger partial charge in [0.2, 0.25) is 5.95 Å². The summed E-state index contributed by atoms with van der Waals surface area (Å²) in [4.78, 5) is 12.2. The first-order chi connectivity index (χ1) is 15.5. The molecule has 0 bridgehead atoms. The molecule has 168 valence electrons. The molecule has 2 unspecified atom stereocenters. The predicted octanol–water partition coefficient (Wildman–Crippen LogP) is 5.86. The molecule has 3 aromatic rings. The second-order valence-electron chi connectivity index (χ2n) is 8.10. The van der Waals surface area contributed by atoms with E-state index in [1.165, 1.54) is 32.2 Å². The fraction of sp³-hybridized carbons (Fsp3) is 0.360. The van der Waals surface area contributed by atoms with E-state index in [9.17, 15) is 8.78 Å². The Balaban J connectivity index is 0.000000157. The molecule has 1 aliphatic heterocycles. The number of piperidine rings is 1. The number of hydrogen-bond acceptors (Lipinski definition) is 5. The average molecular weight is 456 g/mol. The van der Waals surface area contributed by atoms with Crippen molar-refractivity contribution in [1.82, 2.24) is 9.97 Å². The number of benzene rings is 2. The van der Waals surface area contributed by atoms with Crippen molar-refractivity contribution in [3.63, 3.8) is 0 Å². The molecule has 2 fully saturated rings. The summed E-state index contributed by atoms with van der Waals surface area (Å²) in [5, 5.41) is 0. The van der Waals surface area contributed by atoms with Gasteiger partial charge in [0.25, 0.3) is 0 Å². The van der Waals surface area contributed by atoms with E-state index in [1.54, 1.807) is 23.9 Å². The van der Waals surface area contributed by atoms with Gasteiger partial charge in [0, 0.05) is 42.0 Å². The summed E-state index contributed by atoms with van der Waals surface area (Å²) in [5.41, 5.74) is 2.10. The van der Waals surface area contributed by atoms with E-state index >= 15 is 0 Å². The van der Waals surface area contributed by atoms with E-state index in [-0.39, 0.29) is 11.3 Å². The molecule has 2 aliphatic rings. The summed E-state index contributed by atoms with van der Waals surface area (Å²) >= 11 is 1.60. The molecule has 0 radical (unpaired) electrons. The first-order valence-corrected chi connectivity index (χ1v) is 12.0. The number of anilines is 1. The zero-order chi connectivity index (χ0) is 22.7. The highest BCUT2D eigenvalue weighted by atomic mass is 32.2. The summed E-state index contributed by atoms with van der Waals surface area (Å²) in [6.07, 6.45) is 8.32. The monoisotopic (exact) mass is 455 g/mol. The normalized spacial score (nSPS) is 18.6. The smallest absolute Gasteiger partial charge is 0.225 e. The van der Waals surface area contributed by atoms with Gasteiger partial charge in [0.05, 0.1) is 7.11 Å². The summed E-state index contributed by atoms with van der Waals surface area (Å²) < 4.78 is 32.1. The van der Waals surface area contributed by atoms with Crippen molar-refractivity contribution in [3.8, 4) is 16.9 Å². The van der Waals surface area contributed by atoms with Crippen LogP contribution in [0.5, 0.6) is 5.75 Å². The molecule has 4 nitrogen and oxygen atoms in total. The molecular formula is C25H27F2N3OS. The Morgan fingerprint density at radius 1 is 1.03 bits per heavy atom. The summed E-state index contributed by atoms with van der Waals surface area (Å²) in [7, 11) is 1.31. The van der Waals surface area contributed by atoms with Gasteiger partial charge in [-0.05, 0) is 60.3 Å². The molecule has 7 heteroatoms. The molecular weight excluding hydrogens is 428 g/mol. The molecule has 1 saturated carbocycles. The topological polar surface area (TPSA) is 38.2 Å². The third kappa shape index (κ3) is 5.04. The van der Waals surface area contributed by atoms with Crippen LogP contribution in [0.3, 0.4) is 0 Å². The lowest BCUT2D eigenvalue weighted by molar-refractivity contribution is 0.383. The summed E-state index contributed by atoms with van der Waals surface area (Å²) in [6.45, 7) is 4.48. The van der Waals surface area contributed by atoms with Crippen LogP contribution in [0.25, 0.3) is 11.1 Å². The van der Waals surface area contributed by atoms with Crippen LogP contribution in [-0.2, 0) is 6.42 Å². The number of fused-ring (bicyclic) bond motifs is 1. The second kappa shape index (κ2) is 9.86. The fourth-order valence-corrected chi connectivity index (χ4v) is 4.34. The maximum Gasteiger partial charge on any atom is 0.225 e. The Morgan fingerprint density at radius 2 is 1.69 bits per heavy atom. The van der Waals surface area contributed by atoms with Gasteiger partial charge in [-0.3, -0.25) is 0 Å². The first kappa shape index (κ1) is 22.5. The number of methoxy groups -OCH3 is 1. The minimum Gasteiger partial charge on any atom is -0.494 e. The van der Waals surface area contributed by atoms with E-state index in [0.717, 1.165) is 41.2 Å². The Kier molecular flexibility index (Phi) is 6.94. The van der Waals surface area contributed by atoms with Crippen molar-refractivity contribution in [1.29, 1.82) is 0 Å². The van der Waals surface area contributed by atoms with Crippen LogP contribution in [-0.4, -0.2) is 36.4 Å². The minimum absolute atomic E-state index is 0.0861. The Bertz CT molecular complexity index is 1050. The number of hydrogen-bond donors (Lipinski definition) is 0. The average Bonchev–Trinajstić information content (AvgIpc) is 3.45. The van der Waals surface area contributed by atoms with Crippen LogP contribution in [0.1, 0.15) is 18.9 Å². The van der Waals surface area contributed by atoms with E-state index in [2.05, 4.69) is 21.8 Å². The molecule has 1 aromatic heterocycles. The molecule has 5 rings (SSSR count). The molecule has 2 aromatic carbocycles. The Labute approximate surface area is 192 Å². The highest BCUT2D eigenvalue weighted by Gasteiger charge is 2.45. The van der Waals surface area contributed by atoms with Crippen LogP contribution in [0.15, 0.2) is 53.7 Å². The molecule has 0 N–H and O–H groups in total. The van der Waals surface area contributed by atoms with Crippen molar-refractivity contribution in [3.05, 3.63) is 66.0 Å². The molecule has 2 heterocycles. The highest BCUT2D eigenvalue weighted by Crippen LogP contribution is 2.45. The SMILES string of the molecule is CCc1cnc(N2CC3CC3C2)nc1.COc1cc(F)c(-c2ccc(SC)cc2)cc1F. The summed E-state index contributed by atoms with van der Waals surface area (Å²) in [5.74, 6) is 1.67. The van der Waals surface area contributed by atoms with E-state index < -0.39 is 11.6 Å². The van der Waals surface area contributed by atoms with Crippen LogP contribution in [0.2, 0.25) is 0 Å². The number of aryl methyl sites for hydroxylation is 1. The zero-order valence-electron chi connectivity index (χ0n) is 18.5. The van der Waals surface area contributed by atoms with E-state index in [0.29, 0.717) is 5.56 Å². The number of thioether (sulfide) groups is 1. The molecule has 1 aliphatic carbocycles. The third-order valence-corrected chi connectivity index (χ3v) is 6.75. The highest BCUT2D eigenvalue weighted by molar-refractivity contribution is 7.98. The maximum absolute atomic E-state index is 13.8. The number of ether oxygens (including phenoxy) is 1. The number of halogens is 2. The predicted molar refractivity (Wildman–Crippen MR) is 125 cm³/mol. The number of aromatic nitrogens is 2. The molecule has 0 spiro atoms. The van der Waals surface area contributed by atoms with Crippen LogP contribution in [0.4, 0.5) is 14.7 Å². The standard InChI is InChI=1S/C14H12F2OS.C11H15N3/c1-17-14-8-12(15)11(7-13(14)16)9-3-5-10(18-2)6-4-9;1-2-8-4-12-11(13-5-8)14-6-9-3-10(9)7-14/h3-8H,1-2H3;4-5,9-10H,2-3,6-7H2,1H3. The van der Waals surface area contributed by atoms with E-state index in [4.69, 9.17) is 4.74 Å². The lowest BCUT2D eigenvalue weighted by Gasteiger charge is -2.17. The van der Waals surface area contributed by atoms with Crippen LogP contribution < -0.4 is 9.64 Å². The van der Waals surface area contributed by atoms with Gasteiger partial charge in [-0.15, -0.1) is 11.8 Å². The zero-order valence-corrected chi connectivity index (χ0v) is 19.3. The first-order valence-electron chi connectivity index (χ1n) is 10.8. The van der Waals surface area contributed by atoms with Gasteiger partial charge in [-0.1, -0.05) is 19.1 Å². The van der Waals surface area contributed by atoms with Crippen molar-refractivity contribution >= 4 is 17.7 Å². The van der Waals surface area contributed by atoms with Crippen LogP contribution in [0, 0.1) is 23.5 Å². The van der Waals surface area contributed by atoms with Gasteiger partial charge in [0.15, 0.2) is 11.6 Å². The molecule has 0 amide bonds. The summed E-state index contributed by atoms with van der Waals surface area (Å²) in [6, 6.07) is 9.52. The van der Waals surface area contributed by atoms with Crippen LogP contribution >= 0.6 is 11.8 Å². The van der Waals surface area contributed by atoms with Gasteiger partial charge in [0.1, 0.15) is 5.82 Å². The van der Waals surface area contributed by atoms with Gasteiger partial charge < -0.3 is 9.64 Å². The largest absolute Gasteiger partial charge is 0.494 e. The quantitative estimate of drug-likeness (QED) is 0.451. The molecule has 2 atom stereocenters. The minimum atomic E-state index is -0.567. The van der Waals surface area contributed by atoms with Gasteiger partial charge >= 0.3 is 0 Å². The maximum atomic E-state index is 13.8. The van der Waals surface area contributed by atoms with E-state index in [1.807, 2.05) is 30.8 Å². The van der Waals surface area contributed by atoms with Gasteiger partial charge in [-0.2, -0.15) is 0 Å². The lowest BCUT2D eigenvalue weighted by atomic mass is 10.0. The van der Waals surface area contributed by atoms with Crippen molar-refractivity contribution in [2.24, 2.45) is 11.8 Å². The molecule has 32 heavy (non-hydrogen) atoms. The van der Waals surface area contributed by atoms with Gasteiger partial charge in [-0.25, -0.2) is 18.7 Å².